The molecule has 2 aromatic rings. The molecule has 0 heterocycles. The van der Waals surface area contributed by atoms with Crippen LogP contribution in [-0.2, 0) is 20.9 Å². The number of benzene rings is 2. The smallest absolute Gasteiger partial charge is 0.338 e. The Morgan fingerprint density at radius 2 is 1.61 bits per heavy atom. The standard InChI is InChI=1S/C25H28Cl2O6/c1-15-21(10-13-32-17(3)28)23(29)16(2)22(24(15)30)14-33-25(31)20-6-4-18(5-7-20)19(8-11-26)9-12-27/h4-7,10,13,19,29-30H,8-9,11-12,14H2,1-3H3. The maximum Gasteiger partial charge on any atom is 0.338 e. The average molecular weight is 495 g/mol. The summed E-state index contributed by atoms with van der Waals surface area (Å²) in [5, 5.41) is 21.1. The van der Waals surface area contributed by atoms with Crippen LogP contribution in [0, 0.1) is 13.8 Å². The largest absolute Gasteiger partial charge is 0.507 e. The number of carbonyl (C=O) groups is 2. The molecule has 0 atom stereocenters. The monoisotopic (exact) mass is 494 g/mol. The van der Waals surface area contributed by atoms with Gasteiger partial charge >= 0.3 is 11.9 Å². The molecule has 0 unspecified atom stereocenters. The van der Waals surface area contributed by atoms with Gasteiger partial charge in [0.1, 0.15) is 18.1 Å². The van der Waals surface area contributed by atoms with E-state index in [1.54, 1.807) is 26.0 Å². The van der Waals surface area contributed by atoms with Gasteiger partial charge < -0.3 is 19.7 Å². The van der Waals surface area contributed by atoms with Crippen LogP contribution in [-0.4, -0.2) is 33.9 Å². The quantitative estimate of drug-likeness (QED) is 0.183. The first-order valence-electron chi connectivity index (χ1n) is 10.5. The Labute approximate surface area is 203 Å². The summed E-state index contributed by atoms with van der Waals surface area (Å²) in [6.45, 7) is 4.23. The van der Waals surface area contributed by atoms with Crippen LogP contribution >= 0.6 is 23.2 Å². The zero-order valence-electron chi connectivity index (χ0n) is 18.9. The molecule has 6 nitrogen and oxygen atoms in total. The summed E-state index contributed by atoms with van der Waals surface area (Å²) in [6, 6.07) is 7.10. The summed E-state index contributed by atoms with van der Waals surface area (Å²) >= 11 is 11.8. The molecule has 0 aliphatic rings. The van der Waals surface area contributed by atoms with Gasteiger partial charge in [-0.2, -0.15) is 0 Å². The fraction of sp³-hybridized carbons (Fsp3) is 0.360. The molecule has 0 aliphatic heterocycles. The highest BCUT2D eigenvalue weighted by atomic mass is 35.5. The molecule has 178 valence electrons. The molecule has 2 N–H and O–H groups in total. The number of phenols is 2. The molecule has 0 amide bonds. The molecule has 0 saturated carbocycles. The minimum atomic E-state index is -0.553. The molecule has 0 aliphatic carbocycles. The van der Waals surface area contributed by atoms with Crippen molar-refractivity contribution in [3.05, 3.63) is 63.9 Å². The van der Waals surface area contributed by atoms with E-state index in [2.05, 4.69) is 0 Å². The van der Waals surface area contributed by atoms with Crippen molar-refractivity contribution in [1.29, 1.82) is 0 Å². The van der Waals surface area contributed by atoms with Crippen LogP contribution in [0.5, 0.6) is 11.5 Å². The predicted octanol–water partition coefficient (Wildman–Crippen LogP) is 5.95. The number of ether oxygens (including phenoxy) is 2. The molecule has 0 saturated heterocycles. The molecule has 2 rings (SSSR count). The van der Waals surface area contributed by atoms with E-state index in [-0.39, 0.29) is 24.0 Å². The summed E-state index contributed by atoms with van der Waals surface area (Å²) in [4.78, 5) is 23.5. The zero-order valence-corrected chi connectivity index (χ0v) is 20.4. The van der Waals surface area contributed by atoms with E-state index < -0.39 is 11.9 Å². The third kappa shape index (κ3) is 6.89. The summed E-state index contributed by atoms with van der Waals surface area (Å²) in [5.74, 6) is 0.00755. The first-order valence-corrected chi connectivity index (χ1v) is 11.5. The minimum absolute atomic E-state index is 0.103. The Balaban J connectivity index is 2.16. The number of hydrogen-bond acceptors (Lipinski definition) is 6. The van der Waals surface area contributed by atoms with Gasteiger partial charge in [0.15, 0.2) is 0 Å². The van der Waals surface area contributed by atoms with Crippen molar-refractivity contribution in [2.24, 2.45) is 0 Å². The van der Waals surface area contributed by atoms with E-state index in [1.807, 2.05) is 12.1 Å². The average Bonchev–Trinajstić information content (AvgIpc) is 2.79. The SMILES string of the molecule is CC(=O)OC=Cc1c(C)c(O)c(COC(=O)c2ccc(C(CCCl)CCCl)cc2)c(C)c1O. The highest BCUT2D eigenvalue weighted by Crippen LogP contribution is 2.38. The van der Waals surface area contributed by atoms with Crippen LogP contribution < -0.4 is 0 Å². The molecular formula is C25H28Cl2O6. The van der Waals surface area contributed by atoms with Crippen LogP contribution in [0.3, 0.4) is 0 Å². The van der Waals surface area contributed by atoms with Crippen LogP contribution in [0.25, 0.3) is 6.08 Å². The van der Waals surface area contributed by atoms with Crippen molar-refractivity contribution >= 4 is 41.2 Å². The first-order chi connectivity index (χ1) is 15.7. The van der Waals surface area contributed by atoms with Gasteiger partial charge in [-0.25, -0.2) is 4.79 Å². The first kappa shape index (κ1) is 26.6. The third-order valence-corrected chi connectivity index (χ3v) is 5.89. The second kappa shape index (κ2) is 12.5. The summed E-state index contributed by atoms with van der Waals surface area (Å²) < 4.78 is 10.1. The fourth-order valence-corrected chi connectivity index (χ4v) is 4.01. The third-order valence-electron chi connectivity index (χ3n) is 5.46. The number of aromatic hydroxyl groups is 2. The van der Waals surface area contributed by atoms with Crippen molar-refractivity contribution in [3.63, 3.8) is 0 Å². The second-order valence-corrected chi connectivity index (χ2v) is 8.36. The van der Waals surface area contributed by atoms with Crippen molar-refractivity contribution in [2.45, 2.75) is 46.1 Å². The van der Waals surface area contributed by atoms with Gasteiger partial charge in [0.05, 0.1) is 11.8 Å². The molecule has 33 heavy (non-hydrogen) atoms. The Hall–Kier alpha value is -2.70. The number of carbonyl (C=O) groups excluding carboxylic acids is 2. The van der Waals surface area contributed by atoms with Crippen LogP contribution in [0.15, 0.2) is 30.5 Å². The van der Waals surface area contributed by atoms with Crippen molar-refractivity contribution in [2.75, 3.05) is 11.8 Å². The summed E-state index contributed by atoms with van der Waals surface area (Å²) in [7, 11) is 0. The van der Waals surface area contributed by atoms with Crippen LogP contribution in [0.4, 0.5) is 0 Å². The van der Waals surface area contributed by atoms with Crippen molar-refractivity contribution < 1.29 is 29.3 Å². The van der Waals surface area contributed by atoms with Crippen molar-refractivity contribution in [3.8, 4) is 11.5 Å². The van der Waals surface area contributed by atoms with Gasteiger partial charge in [-0.1, -0.05) is 12.1 Å². The summed E-state index contributed by atoms with van der Waals surface area (Å²) in [6.07, 6.45) is 4.12. The highest BCUT2D eigenvalue weighted by molar-refractivity contribution is 6.18. The van der Waals surface area contributed by atoms with Crippen LogP contribution in [0.2, 0.25) is 0 Å². The Morgan fingerprint density at radius 3 is 2.15 bits per heavy atom. The number of alkyl halides is 2. The number of hydrogen-bond donors (Lipinski definition) is 2. The second-order valence-electron chi connectivity index (χ2n) is 7.60. The van der Waals surface area contributed by atoms with Gasteiger partial charge in [-0.15, -0.1) is 23.2 Å². The van der Waals surface area contributed by atoms with Crippen LogP contribution in [0.1, 0.15) is 63.9 Å². The Morgan fingerprint density at radius 1 is 1.00 bits per heavy atom. The number of phenolic OH excluding ortho intramolecular Hbond substituents is 2. The fourth-order valence-electron chi connectivity index (χ4n) is 3.49. The van der Waals surface area contributed by atoms with E-state index in [9.17, 15) is 19.8 Å². The Kier molecular flexibility index (Phi) is 10.1. The minimum Gasteiger partial charge on any atom is -0.507 e. The van der Waals surface area contributed by atoms with E-state index in [0.717, 1.165) is 24.7 Å². The zero-order chi connectivity index (χ0) is 24.5. The number of rotatable bonds is 10. The Bertz CT molecular complexity index is 980. The number of esters is 2. The van der Waals surface area contributed by atoms with E-state index in [1.165, 1.54) is 13.0 Å². The van der Waals surface area contributed by atoms with E-state index >= 15 is 0 Å². The lowest BCUT2D eigenvalue weighted by molar-refractivity contribution is -0.135. The molecule has 0 aromatic heterocycles. The number of halogens is 2. The maximum absolute atomic E-state index is 12.5. The maximum atomic E-state index is 12.5. The molecule has 0 spiro atoms. The lowest BCUT2D eigenvalue weighted by Crippen LogP contribution is -2.08. The topological polar surface area (TPSA) is 93.1 Å². The molecule has 0 radical (unpaired) electrons. The van der Waals surface area contributed by atoms with Gasteiger partial charge in [0.2, 0.25) is 0 Å². The van der Waals surface area contributed by atoms with Gasteiger partial charge in [0, 0.05) is 40.9 Å². The predicted molar refractivity (Wildman–Crippen MR) is 129 cm³/mol. The molecule has 8 heteroatoms. The lowest BCUT2D eigenvalue weighted by Gasteiger charge is -2.17. The van der Waals surface area contributed by atoms with Crippen molar-refractivity contribution in [1.82, 2.24) is 0 Å². The lowest BCUT2D eigenvalue weighted by atomic mass is 9.93. The summed E-state index contributed by atoms with van der Waals surface area (Å²) in [5.41, 5.74) is 2.74. The van der Waals surface area contributed by atoms with Gasteiger partial charge in [0.25, 0.3) is 0 Å². The molecular weight excluding hydrogens is 467 g/mol. The molecule has 2 aromatic carbocycles. The highest BCUT2D eigenvalue weighted by Gasteiger charge is 2.20. The van der Waals surface area contributed by atoms with Gasteiger partial charge in [-0.05, 0) is 56.4 Å². The molecule has 0 fully saturated rings. The normalized spacial score (nSPS) is 11.2. The van der Waals surface area contributed by atoms with E-state index in [4.69, 9.17) is 32.7 Å². The molecule has 0 bridgehead atoms. The van der Waals surface area contributed by atoms with Gasteiger partial charge in [-0.3, -0.25) is 4.79 Å². The van der Waals surface area contributed by atoms with E-state index in [0.29, 0.717) is 39.6 Å².